The van der Waals surface area contributed by atoms with Gasteiger partial charge < -0.3 is 9.80 Å². The van der Waals surface area contributed by atoms with Crippen LogP contribution < -0.4 is 9.80 Å². The number of aryl methyl sites for hydroxylation is 1. The minimum absolute atomic E-state index is 0.757. The van der Waals surface area contributed by atoms with Crippen molar-refractivity contribution in [2.45, 2.75) is 6.92 Å². The van der Waals surface area contributed by atoms with E-state index >= 15 is 0 Å². The van der Waals surface area contributed by atoms with Crippen molar-refractivity contribution in [2.24, 2.45) is 0 Å². The predicted octanol–water partition coefficient (Wildman–Crippen LogP) is 3.43. The molecule has 6 rings (SSSR count). The fourth-order valence-corrected chi connectivity index (χ4v) is 5.11. The van der Waals surface area contributed by atoms with E-state index in [1.54, 1.807) is 22.2 Å². The van der Waals surface area contributed by atoms with Gasteiger partial charge in [-0.05, 0) is 30.7 Å². The molecule has 1 aliphatic heterocycles. The number of hydrogen-bond acceptors (Lipinski definition) is 8. The van der Waals surface area contributed by atoms with Gasteiger partial charge in [-0.25, -0.2) is 9.97 Å². The molecule has 0 radical (unpaired) electrons. The summed E-state index contributed by atoms with van der Waals surface area (Å²) in [5, 5.41) is 13.7. The quantitative estimate of drug-likeness (QED) is 0.436. The van der Waals surface area contributed by atoms with E-state index in [-0.39, 0.29) is 0 Å². The van der Waals surface area contributed by atoms with Gasteiger partial charge in [0, 0.05) is 31.1 Å². The van der Waals surface area contributed by atoms with Crippen LogP contribution in [0.15, 0.2) is 54.9 Å². The van der Waals surface area contributed by atoms with Crippen molar-refractivity contribution in [2.75, 3.05) is 36.0 Å². The van der Waals surface area contributed by atoms with Gasteiger partial charge in [0.1, 0.15) is 28.6 Å². The third-order valence-corrected chi connectivity index (χ3v) is 6.67. The minimum atomic E-state index is 0.757. The molecule has 0 atom stereocenters. The lowest BCUT2D eigenvalue weighted by atomic mass is 10.2. The second-order valence-electron chi connectivity index (χ2n) is 7.59. The third-order valence-electron chi connectivity index (χ3n) is 5.59. The highest BCUT2D eigenvalue weighted by Crippen LogP contribution is 2.36. The van der Waals surface area contributed by atoms with E-state index in [0.29, 0.717) is 0 Å². The Morgan fingerprint density at radius 3 is 2.55 bits per heavy atom. The number of benzene rings is 1. The zero-order chi connectivity index (χ0) is 20.8. The molecule has 1 aromatic carbocycles. The van der Waals surface area contributed by atoms with Gasteiger partial charge in [0.15, 0.2) is 5.65 Å². The van der Waals surface area contributed by atoms with Gasteiger partial charge in [-0.3, -0.25) is 0 Å². The Bertz CT molecular complexity index is 1370. The van der Waals surface area contributed by atoms with E-state index in [1.807, 2.05) is 25.1 Å². The average Bonchev–Trinajstić information content (AvgIpc) is 3.45. The molecule has 1 fully saturated rings. The summed E-state index contributed by atoms with van der Waals surface area (Å²) in [6.45, 7) is 5.48. The van der Waals surface area contributed by atoms with Gasteiger partial charge in [0.2, 0.25) is 0 Å². The zero-order valence-electron chi connectivity index (χ0n) is 17.0. The summed E-state index contributed by atoms with van der Waals surface area (Å²) in [5.41, 5.74) is 1.97. The van der Waals surface area contributed by atoms with Gasteiger partial charge in [-0.1, -0.05) is 30.3 Å². The standard InChI is InChI=1S/C22H20N8S/c1-15-24-21(17-13-18(31-22(17)25-15)16-5-3-2-4-6-16)29-11-9-28(10-12-29)20-8-7-19-26-23-14-30(19)27-20/h2-8,13-14H,9-12H2,1H3. The van der Waals surface area contributed by atoms with Crippen molar-refractivity contribution in [3.05, 3.63) is 60.7 Å². The van der Waals surface area contributed by atoms with E-state index in [4.69, 9.17) is 9.97 Å². The van der Waals surface area contributed by atoms with Crippen molar-refractivity contribution in [3.8, 4) is 10.4 Å². The zero-order valence-corrected chi connectivity index (χ0v) is 17.8. The number of aromatic nitrogens is 6. The number of anilines is 2. The summed E-state index contributed by atoms with van der Waals surface area (Å²) in [5.74, 6) is 2.78. The second-order valence-corrected chi connectivity index (χ2v) is 8.62. The highest BCUT2D eigenvalue weighted by molar-refractivity contribution is 7.21. The Hall–Kier alpha value is -3.59. The molecular weight excluding hydrogens is 408 g/mol. The number of hydrogen-bond donors (Lipinski definition) is 0. The molecule has 5 heterocycles. The summed E-state index contributed by atoms with van der Waals surface area (Å²) in [6, 6.07) is 16.7. The fourth-order valence-electron chi connectivity index (χ4n) is 4.03. The van der Waals surface area contributed by atoms with Crippen LogP contribution >= 0.6 is 11.3 Å². The van der Waals surface area contributed by atoms with Crippen LogP contribution in [0.3, 0.4) is 0 Å². The minimum Gasteiger partial charge on any atom is -0.352 e. The summed E-state index contributed by atoms with van der Waals surface area (Å²) in [7, 11) is 0. The molecule has 1 aliphatic rings. The number of thiophene rings is 1. The molecule has 0 aliphatic carbocycles. The molecule has 8 nitrogen and oxygen atoms in total. The van der Waals surface area contributed by atoms with Crippen molar-refractivity contribution in [3.63, 3.8) is 0 Å². The first-order valence-corrected chi connectivity index (χ1v) is 11.1. The van der Waals surface area contributed by atoms with Crippen LogP contribution in [0.2, 0.25) is 0 Å². The van der Waals surface area contributed by atoms with Crippen molar-refractivity contribution < 1.29 is 0 Å². The second kappa shape index (κ2) is 7.28. The Kier molecular flexibility index (Phi) is 4.27. The highest BCUT2D eigenvalue weighted by atomic mass is 32.1. The lowest BCUT2D eigenvalue weighted by molar-refractivity contribution is 0.637. The van der Waals surface area contributed by atoms with E-state index in [0.717, 1.165) is 59.5 Å². The molecule has 0 spiro atoms. The van der Waals surface area contributed by atoms with Crippen LogP contribution in [0.4, 0.5) is 11.6 Å². The monoisotopic (exact) mass is 428 g/mol. The average molecular weight is 429 g/mol. The Morgan fingerprint density at radius 1 is 0.903 bits per heavy atom. The lowest BCUT2D eigenvalue weighted by Crippen LogP contribution is -2.47. The number of piperazine rings is 1. The van der Waals surface area contributed by atoms with Gasteiger partial charge in [0.05, 0.1) is 5.39 Å². The molecular formula is C22H20N8S. The molecule has 31 heavy (non-hydrogen) atoms. The van der Waals surface area contributed by atoms with Gasteiger partial charge in [-0.2, -0.15) is 4.52 Å². The van der Waals surface area contributed by atoms with Gasteiger partial charge in [-0.15, -0.1) is 26.6 Å². The maximum Gasteiger partial charge on any atom is 0.177 e. The molecule has 4 aromatic heterocycles. The first kappa shape index (κ1) is 18.2. The molecule has 0 bridgehead atoms. The summed E-state index contributed by atoms with van der Waals surface area (Å²) in [4.78, 5) is 16.5. The molecule has 1 saturated heterocycles. The van der Waals surface area contributed by atoms with Crippen LogP contribution in [0.25, 0.3) is 26.3 Å². The smallest absolute Gasteiger partial charge is 0.177 e. The molecule has 5 aromatic rings. The van der Waals surface area contributed by atoms with Crippen molar-refractivity contribution in [1.29, 1.82) is 0 Å². The maximum atomic E-state index is 4.83. The molecule has 9 heteroatoms. The number of rotatable bonds is 3. The van der Waals surface area contributed by atoms with E-state index < -0.39 is 0 Å². The van der Waals surface area contributed by atoms with E-state index in [2.05, 4.69) is 55.4 Å². The van der Waals surface area contributed by atoms with Gasteiger partial charge in [0.25, 0.3) is 0 Å². The topological polar surface area (TPSA) is 75.3 Å². The highest BCUT2D eigenvalue weighted by Gasteiger charge is 2.23. The fraction of sp³-hybridized carbons (Fsp3) is 0.227. The van der Waals surface area contributed by atoms with Crippen molar-refractivity contribution in [1.82, 2.24) is 29.8 Å². The van der Waals surface area contributed by atoms with Crippen LogP contribution in [0.5, 0.6) is 0 Å². The normalized spacial score (nSPS) is 14.6. The first-order valence-electron chi connectivity index (χ1n) is 10.3. The molecule has 0 amide bonds. The Morgan fingerprint density at radius 2 is 1.71 bits per heavy atom. The first-order chi connectivity index (χ1) is 15.2. The van der Waals surface area contributed by atoms with Gasteiger partial charge >= 0.3 is 0 Å². The molecule has 154 valence electrons. The summed E-state index contributed by atoms with van der Waals surface area (Å²) < 4.78 is 1.72. The maximum absolute atomic E-state index is 4.83. The third kappa shape index (κ3) is 3.27. The van der Waals surface area contributed by atoms with Crippen LogP contribution in [-0.4, -0.2) is 56.0 Å². The lowest BCUT2D eigenvalue weighted by Gasteiger charge is -2.36. The summed E-state index contributed by atoms with van der Waals surface area (Å²) in [6.07, 6.45) is 1.64. The van der Waals surface area contributed by atoms with E-state index in [9.17, 15) is 0 Å². The van der Waals surface area contributed by atoms with Crippen LogP contribution in [0, 0.1) is 6.92 Å². The summed E-state index contributed by atoms with van der Waals surface area (Å²) >= 11 is 1.73. The number of fused-ring (bicyclic) bond motifs is 2. The Labute approximate surface area is 182 Å². The predicted molar refractivity (Wildman–Crippen MR) is 123 cm³/mol. The van der Waals surface area contributed by atoms with Crippen LogP contribution in [0.1, 0.15) is 5.82 Å². The van der Waals surface area contributed by atoms with Crippen LogP contribution in [-0.2, 0) is 0 Å². The Balaban J connectivity index is 1.28. The molecule has 0 N–H and O–H groups in total. The SMILES string of the molecule is Cc1nc(N2CCN(c3ccc4nncn4n3)CC2)c2cc(-c3ccccc3)sc2n1. The number of nitrogens with zero attached hydrogens (tertiary/aromatic N) is 8. The molecule has 0 saturated carbocycles. The van der Waals surface area contributed by atoms with Crippen molar-refractivity contribution >= 4 is 38.8 Å². The molecule has 0 unspecified atom stereocenters. The largest absolute Gasteiger partial charge is 0.352 e. The van der Waals surface area contributed by atoms with E-state index in [1.165, 1.54) is 10.4 Å².